The highest BCUT2D eigenvalue weighted by Gasteiger charge is 2.24. The number of nitrogens with zero attached hydrogens (tertiary/aromatic N) is 2. The van der Waals surface area contributed by atoms with Crippen molar-refractivity contribution in [3.05, 3.63) is 192 Å². The van der Waals surface area contributed by atoms with Crippen molar-refractivity contribution in [2.75, 3.05) is 0 Å². The molecule has 14 aromatic rings. The van der Waals surface area contributed by atoms with E-state index < -0.39 is 0 Å². The second kappa shape index (κ2) is 11.5. The van der Waals surface area contributed by atoms with Crippen LogP contribution in [0.15, 0.2) is 196 Å². The van der Waals surface area contributed by atoms with Crippen LogP contribution < -0.4 is 5.56 Å². The Labute approximate surface area is 340 Å². The number of hydrogen-bond donors (Lipinski definition) is 0. The van der Waals surface area contributed by atoms with Crippen LogP contribution in [0.1, 0.15) is 0 Å². The van der Waals surface area contributed by atoms with Gasteiger partial charge in [-0.05, 0) is 94.4 Å². The van der Waals surface area contributed by atoms with E-state index in [1.165, 1.54) is 0 Å². The Hall–Kier alpha value is -8.15. The van der Waals surface area contributed by atoms with Gasteiger partial charge in [-0.3, -0.25) is 9.20 Å². The summed E-state index contributed by atoms with van der Waals surface area (Å²) in [6.07, 6.45) is 0. The molecule has 0 aliphatic heterocycles. The predicted octanol–water partition coefficient (Wildman–Crippen LogP) is 14.4. The van der Waals surface area contributed by atoms with Gasteiger partial charge in [-0.2, -0.15) is 0 Å². The molecule has 0 bridgehead atoms. The topological polar surface area (TPSA) is 52.7 Å². The molecule has 0 atom stereocenters. The summed E-state index contributed by atoms with van der Waals surface area (Å²) in [5, 5.41) is 11.2. The highest BCUT2D eigenvalue weighted by atomic mass is 16.3. The molecule has 0 saturated heterocycles. The van der Waals surface area contributed by atoms with Crippen LogP contribution in [-0.4, -0.2) is 8.97 Å². The zero-order chi connectivity index (χ0) is 39.2. The number of pyridine rings is 1. The maximum Gasteiger partial charge on any atom is 0.263 e. The molecule has 14 rings (SSSR count). The summed E-state index contributed by atoms with van der Waals surface area (Å²) < 4.78 is 17.9. The monoisotopic (exact) mass is 766 g/mol. The summed E-state index contributed by atoms with van der Waals surface area (Å²) in [6.45, 7) is 0. The molecule has 0 saturated carbocycles. The van der Waals surface area contributed by atoms with Gasteiger partial charge in [0, 0.05) is 53.9 Å². The minimum Gasteiger partial charge on any atom is -0.454 e. The number of furan rings is 2. The van der Waals surface area contributed by atoms with Crippen LogP contribution in [0.4, 0.5) is 0 Å². The zero-order valence-corrected chi connectivity index (χ0v) is 31.9. The van der Waals surface area contributed by atoms with Crippen molar-refractivity contribution in [3.63, 3.8) is 0 Å². The van der Waals surface area contributed by atoms with Crippen molar-refractivity contribution in [1.82, 2.24) is 8.97 Å². The Balaban J connectivity index is 1.15. The van der Waals surface area contributed by atoms with E-state index in [0.29, 0.717) is 5.39 Å². The summed E-state index contributed by atoms with van der Waals surface area (Å²) in [5.41, 5.74) is 12.5. The molecule has 5 heterocycles. The van der Waals surface area contributed by atoms with Gasteiger partial charge in [-0.25, -0.2) is 0 Å². The van der Waals surface area contributed by atoms with E-state index >= 15 is 0 Å². The standard InChI is InChI=1S/C55H30N2O3/c58-55-41-18-5-4-14-35(41)43-27-33(28-44-42-26-32(31-12-2-1-3-13-31)22-25-47(42)57(55)51(43)44)34-29-45-38-17-8-11-21-50(38)59-53(45)48(30-34)56-46-19-9-6-15-36(46)39-23-24-40-37-16-7-10-20-49(37)60-54(40)52(39)56/h1-30H. The third-order valence-corrected chi connectivity index (χ3v) is 12.8. The minimum absolute atomic E-state index is 0.00449. The second-order valence-electron chi connectivity index (χ2n) is 16.0. The second-order valence-corrected chi connectivity index (χ2v) is 16.0. The van der Waals surface area contributed by atoms with Crippen molar-refractivity contribution in [3.8, 4) is 27.9 Å². The molecule has 0 aliphatic carbocycles. The minimum atomic E-state index is -0.00449. The fourth-order valence-electron chi connectivity index (χ4n) is 10.2. The molecular formula is C55H30N2O3. The third-order valence-electron chi connectivity index (χ3n) is 12.8. The fourth-order valence-corrected chi connectivity index (χ4v) is 10.2. The van der Waals surface area contributed by atoms with Crippen LogP contribution in [-0.2, 0) is 0 Å². The van der Waals surface area contributed by atoms with Gasteiger partial charge in [0.25, 0.3) is 5.56 Å². The van der Waals surface area contributed by atoms with Crippen LogP contribution in [0.2, 0.25) is 0 Å². The lowest BCUT2D eigenvalue weighted by atomic mass is 9.95. The van der Waals surface area contributed by atoms with Crippen molar-refractivity contribution in [2.24, 2.45) is 0 Å². The first-order valence-electron chi connectivity index (χ1n) is 20.3. The summed E-state index contributed by atoms with van der Waals surface area (Å²) in [7, 11) is 0. The first-order valence-corrected chi connectivity index (χ1v) is 20.3. The van der Waals surface area contributed by atoms with Gasteiger partial charge >= 0.3 is 0 Å². The quantitative estimate of drug-likeness (QED) is 0.168. The van der Waals surface area contributed by atoms with E-state index in [0.717, 1.165) is 126 Å². The summed E-state index contributed by atoms with van der Waals surface area (Å²) in [6, 6.07) is 63.6. The molecule has 0 N–H and O–H groups in total. The highest BCUT2D eigenvalue weighted by molar-refractivity contribution is 6.24. The van der Waals surface area contributed by atoms with Crippen molar-refractivity contribution in [2.45, 2.75) is 0 Å². The molecule has 9 aromatic carbocycles. The van der Waals surface area contributed by atoms with Crippen molar-refractivity contribution < 1.29 is 8.83 Å². The number of hydrogen-bond acceptors (Lipinski definition) is 3. The van der Waals surface area contributed by atoms with Gasteiger partial charge in [0.2, 0.25) is 0 Å². The average molecular weight is 767 g/mol. The third kappa shape index (κ3) is 4.12. The van der Waals surface area contributed by atoms with Crippen LogP contribution >= 0.6 is 0 Å². The van der Waals surface area contributed by atoms with Crippen LogP contribution in [0.5, 0.6) is 0 Å². The number of rotatable bonds is 3. The Morgan fingerprint density at radius 1 is 0.333 bits per heavy atom. The van der Waals surface area contributed by atoms with Gasteiger partial charge < -0.3 is 13.4 Å². The van der Waals surface area contributed by atoms with Crippen LogP contribution in [0, 0.1) is 0 Å². The summed E-state index contributed by atoms with van der Waals surface area (Å²) in [5.74, 6) is 0. The molecule has 0 aliphatic rings. The van der Waals surface area contributed by atoms with E-state index in [4.69, 9.17) is 8.83 Å². The molecule has 5 heteroatoms. The largest absolute Gasteiger partial charge is 0.454 e. The molecule has 0 unspecified atom stereocenters. The zero-order valence-electron chi connectivity index (χ0n) is 31.9. The van der Waals surface area contributed by atoms with E-state index in [1.807, 2.05) is 52.9 Å². The van der Waals surface area contributed by atoms with Crippen molar-refractivity contribution >= 4 is 104 Å². The summed E-state index contributed by atoms with van der Waals surface area (Å²) in [4.78, 5) is 14.4. The fraction of sp³-hybridized carbons (Fsp3) is 0. The van der Waals surface area contributed by atoms with Gasteiger partial charge in [-0.15, -0.1) is 0 Å². The summed E-state index contributed by atoms with van der Waals surface area (Å²) >= 11 is 0. The Bertz CT molecular complexity index is 4200. The van der Waals surface area contributed by atoms with E-state index in [-0.39, 0.29) is 5.56 Å². The van der Waals surface area contributed by atoms with Gasteiger partial charge in [0.15, 0.2) is 11.2 Å². The molecular weight excluding hydrogens is 737 g/mol. The van der Waals surface area contributed by atoms with E-state index in [1.54, 1.807) is 0 Å². The molecule has 0 amide bonds. The Morgan fingerprint density at radius 2 is 0.917 bits per heavy atom. The first kappa shape index (κ1) is 31.9. The number of fused-ring (bicyclic) bond motifs is 15. The van der Waals surface area contributed by atoms with Gasteiger partial charge in [0.1, 0.15) is 11.2 Å². The molecule has 0 fully saturated rings. The van der Waals surface area contributed by atoms with Gasteiger partial charge in [-0.1, -0.05) is 115 Å². The van der Waals surface area contributed by atoms with Gasteiger partial charge in [0.05, 0.1) is 27.8 Å². The molecule has 0 spiro atoms. The lowest BCUT2D eigenvalue weighted by molar-refractivity contribution is 0.665. The molecule has 5 nitrogen and oxygen atoms in total. The number of benzene rings is 9. The predicted molar refractivity (Wildman–Crippen MR) is 247 cm³/mol. The normalized spacial score (nSPS) is 12.4. The molecule has 60 heavy (non-hydrogen) atoms. The highest BCUT2D eigenvalue weighted by Crippen LogP contribution is 2.45. The van der Waals surface area contributed by atoms with Crippen LogP contribution in [0.25, 0.3) is 132 Å². The SMILES string of the molecule is O=c1c2ccccc2c2cc(-c3cc(-n4c5ccccc5c5ccc6c7ccccc7oc6c54)c4oc5ccccc5c4c3)cc3c4cc(-c5ccccc5)ccc4n1c23. The Morgan fingerprint density at radius 3 is 1.72 bits per heavy atom. The van der Waals surface area contributed by atoms with Crippen LogP contribution in [0.3, 0.4) is 0 Å². The van der Waals surface area contributed by atoms with E-state index in [9.17, 15) is 4.79 Å². The smallest absolute Gasteiger partial charge is 0.263 e. The molecule has 278 valence electrons. The first-order chi connectivity index (χ1) is 29.7. The lowest BCUT2D eigenvalue weighted by Crippen LogP contribution is -2.12. The average Bonchev–Trinajstić information content (AvgIpc) is 4.06. The maximum absolute atomic E-state index is 14.4. The Kier molecular flexibility index (Phi) is 6.11. The maximum atomic E-state index is 14.4. The lowest BCUT2D eigenvalue weighted by Gasteiger charge is -2.13. The number of aromatic nitrogens is 2. The van der Waals surface area contributed by atoms with E-state index in [2.05, 4.69) is 138 Å². The molecule has 5 aromatic heterocycles. The van der Waals surface area contributed by atoms with Crippen molar-refractivity contribution in [1.29, 1.82) is 0 Å². The number of para-hydroxylation sites is 3. The molecule has 0 radical (unpaired) electrons.